The zero-order chi connectivity index (χ0) is 14.4. The maximum atomic E-state index is 5.34. The zero-order valence-electron chi connectivity index (χ0n) is 12.2. The molecule has 0 aliphatic heterocycles. The number of rotatable bonds is 2. The van der Waals surface area contributed by atoms with Gasteiger partial charge in [0.15, 0.2) is 5.82 Å². The van der Waals surface area contributed by atoms with Crippen LogP contribution in [0.1, 0.15) is 37.0 Å². The average Bonchev–Trinajstić information content (AvgIpc) is 3.06. The molecule has 4 nitrogen and oxygen atoms in total. The van der Waals surface area contributed by atoms with Gasteiger partial charge in [-0.15, -0.1) is 0 Å². The molecule has 3 aromatic rings. The van der Waals surface area contributed by atoms with Crippen LogP contribution in [0.15, 0.2) is 46.0 Å². The first-order chi connectivity index (χ1) is 10.2. The number of benzene rings is 1. The van der Waals surface area contributed by atoms with Crippen molar-refractivity contribution in [3.05, 3.63) is 47.9 Å². The summed E-state index contributed by atoms with van der Waals surface area (Å²) in [4.78, 5) is 4.58. The van der Waals surface area contributed by atoms with E-state index in [0.717, 1.165) is 17.1 Å². The molecule has 0 bridgehead atoms. The van der Waals surface area contributed by atoms with E-state index in [0.29, 0.717) is 11.7 Å². The molecule has 4 heteroatoms. The number of aryl methyl sites for hydroxylation is 1. The minimum atomic E-state index is 0.567. The quantitative estimate of drug-likeness (QED) is 0.515. The molecule has 0 saturated heterocycles. The topological polar surface area (TPSA) is 43.3 Å². The summed E-state index contributed by atoms with van der Waals surface area (Å²) in [7, 11) is 0. The third kappa shape index (κ3) is 2.27. The molecule has 1 fully saturated rings. The Balaban J connectivity index is 1.70. The van der Waals surface area contributed by atoms with Gasteiger partial charge in [-0.25, -0.2) is 4.99 Å². The lowest BCUT2D eigenvalue weighted by Crippen LogP contribution is -2.04. The van der Waals surface area contributed by atoms with Crippen LogP contribution in [0.4, 0.5) is 5.82 Å². The van der Waals surface area contributed by atoms with E-state index in [1.165, 1.54) is 23.8 Å². The van der Waals surface area contributed by atoms with Crippen LogP contribution in [0, 0.1) is 6.92 Å². The molecule has 1 saturated carbocycles. The molecule has 1 aliphatic carbocycles. The molecule has 21 heavy (non-hydrogen) atoms. The van der Waals surface area contributed by atoms with Crippen LogP contribution < -0.4 is 0 Å². The van der Waals surface area contributed by atoms with Crippen molar-refractivity contribution in [1.82, 2.24) is 9.72 Å². The van der Waals surface area contributed by atoms with Crippen molar-refractivity contribution >= 4 is 22.6 Å². The largest absolute Gasteiger partial charge is 0.359 e. The summed E-state index contributed by atoms with van der Waals surface area (Å²) in [5, 5.41) is 5.27. The first-order valence-corrected chi connectivity index (χ1v) is 7.31. The van der Waals surface area contributed by atoms with Crippen molar-refractivity contribution in [3.63, 3.8) is 0 Å². The molecule has 1 aliphatic rings. The highest BCUT2D eigenvalue weighted by atomic mass is 16.5. The molecule has 0 amide bonds. The fourth-order valence-corrected chi connectivity index (χ4v) is 2.66. The Morgan fingerprint density at radius 2 is 2.14 bits per heavy atom. The van der Waals surface area contributed by atoms with Crippen molar-refractivity contribution in [2.45, 2.75) is 32.6 Å². The van der Waals surface area contributed by atoms with Gasteiger partial charge in [0.2, 0.25) is 0 Å². The highest BCUT2D eigenvalue weighted by Crippen LogP contribution is 2.41. The summed E-state index contributed by atoms with van der Waals surface area (Å²) in [5.41, 5.74) is 2.42. The molecule has 2 heterocycles. The van der Waals surface area contributed by atoms with Gasteiger partial charge in [-0.3, -0.25) is 0 Å². The molecule has 0 radical (unpaired) electrons. The van der Waals surface area contributed by atoms with E-state index in [1.54, 1.807) is 0 Å². The minimum Gasteiger partial charge on any atom is -0.359 e. The lowest BCUT2D eigenvalue weighted by Gasteiger charge is -2.03. The smallest absolute Gasteiger partial charge is 0.197 e. The molecule has 106 valence electrons. The van der Waals surface area contributed by atoms with Gasteiger partial charge in [-0.2, -0.15) is 0 Å². The van der Waals surface area contributed by atoms with Gasteiger partial charge in [0.05, 0.1) is 5.52 Å². The zero-order valence-corrected chi connectivity index (χ0v) is 12.2. The van der Waals surface area contributed by atoms with E-state index in [2.05, 4.69) is 45.9 Å². The standard InChI is InChI=1S/C17H17N3O/c1-11-3-6-15-14(9-11)7-8-20(15)12(2)18-17-10-16(21-19-17)13-4-5-13/h3,6-10,13H,4-5H2,1-2H3. The van der Waals surface area contributed by atoms with Crippen molar-refractivity contribution in [3.8, 4) is 0 Å². The van der Waals surface area contributed by atoms with Crippen LogP contribution in [0.5, 0.6) is 0 Å². The fourth-order valence-electron chi connectivity index (χ4n) is 2.66. The van der Waals surface area contributed by atoms with Gasteiger partial charge in [0.25, 0.3) is 0 Å². The number of fused-ring (bicyclic) bond motifs is 1. The van der Waals surface area contributed by atoms with Crippen LogP contribution >= 0.6 is 0 Å². The highest BCUT2D eigenvalue weighted by molar-refractivity contribution is 5.95. The maximum absolute atomic E-state index is 5.34. The normalized spacial score (nSPS) is 15.8. The molecule has 0 N–H and O–H groups in total. The predicted molar refractivity (Wildman–Crippen MR) is 83.3 cm³/mol. The van der Waals surface area contributed by atoms with Gasteiger partial charge >= 0.3 is 0 Å². The van der Waals surface area contributed by atoms with Crippen molar-refractivity contribution in [2.75, 3.05) is 0 Å². The second kappa shape index (κ2) is 4.58. The van der Waals surface area contributed by atoms with Gasteiger partial charge in [-0.05, 0) is 44.9 Å². The van der Waals surface area contributed by atoms with Gasteiger partial charge in [0, 0.05) is 23.6 Å². The SMILES string of the molecule is CC(=Nc1cc(C2CC2)on1)n1ccc2cc(C)ccc21. The molecule has 4 rings (SSSR count). The Hall–Kier alpha value is -2.36. The van der Waals surface area contributed by atoms with E-state index in [9.17, 15) is 0 Å². The second-order valence-electron chi connectivity index (χ2n) is 5.77. The molecule has 1 aromatic carbocycles. The Morgan fingerprint density at radius 3 is 2.95 bits per heavy atom. The number of aliphatic imine (C=N–C) groups is 1. The number of hydrogen-bond donors (Lipinski definition) is 0. The Labute approximate surface area is 123 Å². The van der Waals surface area contributed by atoms with Crippen LogP contribution in [0.25, 0.3) is 10.9 Å². The van der Waals surface area contributed by atoms with E-state index in [-0.39, 0.29) is 0 Å². The predicted octanol–water partition coefficient (Wildman–Crippen LogP) is 4.41. The molecule has 2 aromatic heterocycles. The fraction of sp³-hybridized carbons (Fsp3) is 0.294. The molecule has 0 atom stereocenters. The van der Waals surface area contributed by atoms with Crippen LogP contribution in [0.3, 0.4) is 0 Å². The summed E-state index contributed by atoms with van der Waals surface area (Å²) in [6, 6.07) is 10.5. The maximum Gasteiger partial charge on any atom is 0.197 e. The Bertz CT molecular complexity index is 837. The second-order valence-corrected chi connectivity index (χ2v) is 5.77. The van der Waals surface area contributed by atoms with Gasteiger partial charge in [-0.1, -0.05) is 16.8 Å². The summed E-state index contributed by atoms with van der Waals surface area (Å²) < 4.78 is 7.43. The average molecular weight is 279 g/mol. The number of hydrogen-bond acceptors (Lipinski definition) is 3. The van der Waals surface area contributed by atoms with E-state index < -0.39 is 0 Å². The van der Waals surface area contributed by atoms with E-state index in [4.69, 9.17) is 4.52 Å². The van der Waals surface area contributed by atoms with Crippen molar-refractivity contribution < 1.29 is 4.52 Å². The van der Waals surface area contributed by atoms with E-state index >= 15 is 0 Å². The van der Waals surface area contributed by atoms with Crippen molar-refractivity contribution in [1.29, 1.82) is 0 Å². The molecular weight excluding hydrogens is 262 g/mol. The first-order valence-electron chi connectivity index (χ1n) is 7.31. The van der Waals surface area contributed by atoms with Crippen LogP contribution in [-0.2, 0) is 0 Å². The Morgan fingerprint density at radius 1 is 1.29 bits per heavy atom. The molecule has 0 spiro atoms. The third-order valence-electron chi connectivity index (χ3n) is 3.97. The lowest BCUT2D eigenvalue weighted by atomic mass is 10.2. The van der Waals surface area contributed by atoms with Crippen LogP contribution in [0.2, 0.25) is 0 Å². The summed E-state index contributed by atoms with van der Waals surface area (Å²) in [6.45, 7) is 4.09. The summed E-state index contributed by atoms with van der Waals surface area (Å²) >= 11 is 0. The molecular formula is C17H17N3O. The summed E-state index contributed by atoms with van der Waals surface area (Å²) in [5.74, 6) is 3.08. The van der Waals surface area contributed by atoms with Gasteiger partial charge < -0.3 is 9.09 Å². The van der Waals surface area contributed by atoms with E-state index in [1.807, 2.05) is 19.2 Å². The summed E-state index contributed by atoms with van der Waals surface area (Å²) in [6.07, 6.45) is 4.46. The Kier molecular flexibility index (Phi) is 2.70. The lowest BCUT2D eigenvalue weighted by molar-refractivity contribution is 0.386. The highest BCUT2D eigenvalue weighted by Gasteiger charge is 2.27. The minimum absolute atomic E-state index is 0.567. The first kappa shape index (κ1) is 12.4. The number of nitrogens with zero attached hydrogens (tertiary/aromatic N) is 3. The van der Waals surface area contributed by atoms with Gasteiger partial charge in [0.1, 0.15) is 11.6 Å². The number of aromatic nitrogens is 2. The van der Waals surface area contributed by atoms with Crippen LogP contribution in [-0.4, -0.2) is 15.6 Å². The van der Waals surface area contributed by atoms with Crippen molar-refractivity contribution in [2.24, 2.45) is 4.99 Å². The monoisotopic (exact) mass is 279 g/mol. The molecule has 0 unspecified atom stereocenters. The third-order valence-corrected chi connectivity index (χ3v) is 3.97.